The van der Waals surface area contributed by atoms with E-state index < -0.39 is 4.92 Å². The first-order chi connectivity index (χ1) is 20.8. The number of aromatic nitrogens is 2. The van der Waals surface area contributed by atoms with E-state index in [1.165, 1.54) is 44.5 Å². The minimum Gasteiger partial charge on any atom is -0.378 e. The number of benzene rings is 1. The Morgan fingerprint density at radius 3 is 2.51 bits per heavy atom. The molecule has 2 aromatic heterocycles. The Morgan fingerprint density at radius 2 is 1.81 bits per heavy atom. The van der Waals surface area contributed by atoms with E-state index in [1.54, 1.807) is 12.1 Å². The number of rotatable bonds is 11. The fourth-order valence-electron chi connectivity index (χ4n) is 5.98. The number of likely N-dealkylation sites (tertiary alicyclic amines) is 2. The highest BCUT2D eigenvalue weighted by Crippen LogP contribution is 2.36. The maximum absolute atomic E-state index is 13.2. The lowest BCUT2D eigenvalue weighted by molar-refractivity contribution is -0.384. The molecule has 0 saturated carbocycles. The number of carbonyl (C=O) groups is 1. The van der Waals surface area contributed by atoms with Gasteiger partial charge in [-0.05, 0) is 63.4 Å². The average Bonchev–Trinajstić information content (AvgIpc) is 3.37. The van der Waals surface area contributed by atoms with Crippen LogP contribution in [0.2, 0.25) is 10.0 Å². The average molecular weight is 630 g/mol. The molecule has 5 rings (SSSR count). The van der Waals surface area contributed by atoms with Gasteiger partial charge in [-0.1, -0.05) is 35.7 Å². The Labute approximate surface area is 261 Å². The Morgan fingerprint density at radius 1 is 1.05 bits per heavy atom. The predicted octanol–water partition coefficient (Wildman–Crippen LogP) is 5.74. The molecule has 2 saturated heterocycles. The lowest BCUT2D eigenvalue weighted by Crippen LogP contribution is -2.48. The van der Waals surface area contributed by atoms with Crippen LogP contribution in [0, 0.1) is 10.1 Å². The summed E-state index contributed by atoms with van der Waals surface area (Å²) < 4.78 is 2.01. The van der Waals surface area contributed by atoms with Crippen LogP contribution in [0.4, 0.5) is 23.0 Å². The third-order valence-corrected chi connectivity index (χ3v) is 8.75. The van der Waals surface area contributed by atoms with Gasteiger partial charge in [0.15, 0.2) is 0 Å². The van der Waals surface area contributed by atoms with Gasteiger partial charge < -0.3 is 25.8 Å². The number of piperidine rings is 2. The molecule has 0 aliphatic carbocycles. The van der Waals surface area contributed by atoms with E-state index in [0.29, 0.717) is 47.2 Å². The van der Waals surface area contributed by atoms with E-state index in [0.717, 1.165) is 43.5 Å². The van der Waals surface area contributed by atoms with Crippen molar-refractivity contribution in [1.29, 1.82) is 0 Å². The van der Waals surface area contributed by atoms with Gasteiger partial charge in [0, 0.05) is 66.8 Å². The maximum atomic E-state index is 13.2. The summed E-state index contributed by atoms with van der Waals surface area (Å²) >= 11 is 12.7. The molecule has 4 heterocycles. The zero-order chi connectivity index (χ0) is 30.3. The van der Waals surface area contributed by atoms with Crippen LogP contribution >= 0.6 is 23.2 Å². The van der Waals surface area contributed by atoms with Crippen LogP contribution in [0.5, 0.6) is 0 Å². The summed E-state index contributed by atoms with van der Waals surface area (Å²) in [5.41, 5.74) is 7.76. The summed E-state index contributed by atoms with van der Waals surface area (Å²) in [6.07, 6.45) is 10.7. The molecule has 0 radical (unpaired) electrons. The Bertz CT molecular complexity index is 1430. The van der Waals surface area contributed by atoms with Gasteiger partial charge in [-0.3, -0.25) is 19.8 Å². The van der Waals surface area contributed by atoms with E-state index in [1.807, 2.05) is 23.0 Å². The van der Waals surface area contributed by atoms with Gasteiger partial charge in [-0.15, -0.1) is 0 Å². The lowest BCUT2D eigenvalue weighted by atomic mass is 10.00. The number of aryl methyl sites for hydroxylation is 1. The first-order valence-corrected chi connectivity index (χ1v) is 15.6. The molecule has 4 N–H and O–H groups in total. The Kier molecular flexibility index (Phi) is 10.4. The van der Waals surface area contributed by atoms with Crippen molar-refractivity contribution < 1.29 is 9.72 Å². The van der Waals surface area contributed by atoms with Gasteiger partial charge in [-0.25, -0.2) is 4.98 Å². The molecule has 2 aliphatic rings. The monoisotopic (exact) mass is 628 g/mol. The van der Waals surface area contributed by atoms with Gasteiger partial charge in [0.25, 0.3) is 0 Å². The van der Waals surface area contributed by atoms with Gasteiger partial charge in [-0.2, -0.15) is 0 Å². The normalized spacial score (nSPS) is 16.7. The first-order valence-electron chi connectivity index (χ1n) is 14.8. The van der Waals surface area contributed by atoms with Crippen LogP contribution in [0.25, 0.3) is 11.1 Å². The fourth-order valence-corrected chi connectivity index (χ4v) is 6.49. The maximum Gasteiger partial charge on any atom is 0.311 e. The number of nitrogens with two attached hydrogens (primary N) is 1. The molecule has 2 aliphatic heterocycles. The third-order valence-electron chi connectivity index (χ3n) is 8.21. The molecule has 0 bridgehead atoms. The van der Waals surface area contributed by atoms with Crippen LogP contribution in [0.1, 0.15) is 38.5 Å². The van der Waals surface area contributed by atoms with Crippen molar-refractivity contribution >= 4 is 52.1 Å². The minimum atomic E-state index is -0.558. The summed E-state index contributed by atoms with van der Waals surface area (Å²) in [5.74, 6) is 0.290. The van der Waals surface area contributed by atoms with E-state index in [2.05, 4.69) is 25.4 Å². The van der Waals surface area contributed by atoms with E-state index in [-0.39, 0.29) is 17.4 Å². The van der Waals surface area contributed by atoms with Crippen LogP contribution in [-0.4, -0.2) is 75.5 Å². The first kappa shape index (κ1) is 31.1. The smallest absolute Gasteiger partial charge is 0.311 e. The van der Waals surface area contributed by atoms with Gasteiger partial charge in [0.1, 0.15) is 5.82 Å². The molecule has 1 amide bonds. The second kappa shape index (κ2) is 14.4. The van der Waals surface area contributed by atoms with Crippen LogP contribution in [0.15, 0.2) is 42.7 Å². The lowest BCUT2D eigenvalue weighted by Gasteiger charge is -2.40. The highest BCUT2D eigenvalue weighted by Gasteiger charge is 2.26. The number of nitrogen functional groups attached to an aromatic ring is 1. The van der Waals surface area contributed by atoms with Crippen LogP contribution in [-0.2, 0) is 11.3 Å². The molecule has 230 valence electrons. The van der Waals surface area contributed by atoms with Crippen molar-refractivity contribution in [1.82, 2.24) is 19.4 Å². The summed E-state index contributed by atoms with van der Waals surface area (Å²) in [6, 6.07) is 8.85. The van der Waals surface area contributed by atoms with Crippen molar-refractivity contribution in [3.05, 3.63) is 62.9 Å². The van der Waals surface area contributed by atoms with Crippen molar-refractivity contribution in [3.8, 4) is 11.1 Å². The van der Waals surface area contributed by atoms with Crippen LogP contribution < -0.4 is 16.4 Å². The predicted molar refractivity (Wildman–Crippen MR) is 172 cm³/mol. The molecule has 43 heavy (non-hydrogen) atoms. The summed E-state index contributed by atoms with van der Waals surface area (Å²) in [6.45, 7) is 5.82. The SMILES string of the molecule is Nc1nc(NCCCn2cc(NC(=O)CN3CCC(N4CCCCC4)CC3)c(-c3ccc(Cl)cc3Cl)c2)ccc1[N+](=O)[O-]. The molecule has 2 fully saturated rings. The van der Waals surface area contributed by atoms with E-state index in [9.17, 15) is 14.9 Å². The van der Waals surface area contributed by atoms with Crippen LogP contribution in [0.3, 0.4) is 0 Å². The van der Waals surface area contributed by atoms with Gasteiger partial charge >= 0.3 is 5.69 Å². The third kappa shape index (κ3) is 8.17. The summed E-state index contributed by atoms with van der Waals surface area (Å²) in [4.78, 5) is 32.6. The number of halogens is 2. The van der Waals surface area contributed by atoms with Crippen molar-refractivity contribution in [2.45, 2.75) is 51.1 Å². The number of anilines is 3. The molecule has 11 nitrogen and oxygen atoms in total. The van der Waals surface area contributed by atoms with Crippen molar-refractivity contribution in [3.63, 3.8) is 0 Å². The number of nitrogens with zero attached hydrogens (tertiary/aromatic N) is 5. The van der Waals surface area contributed by atoms with Crippen molar-refractivity contribution in [2.75, 3.05) is 55.6 Å². The molecule has 0 atom stereocenters. The second-order valence-corrected chi connectivity index (χ2v) is 12.1. The second-order valence-electron chi connectivity index (χ2n) is 11.2. The topological polar surface area (TPSA) is 135 Å². The molecular formula is C30H38Cl2N8O3. The Hall–Kier alpha value is -3.38. The number of hydrogen-bond acceptors (Lipinski definition) is 8. The number of amides is 1. The quantitative estimate of drug-likeness (QED) is 0.139. The highest BCUT2D eigenvalue weighted by atomic mass is 35.5. The Balaban J connectivity index is 1.19. The molecule has 0 spiro atoms. The number of hydrogen-bond donors (Lipinski definition) is 3. The van der Waals surface area contributed by atoms with Crippen molar-refractivity contribution in [2.24, 2.45) is 0 Å². The largest absolute Gasteiger partial charge is 0.378 e. The number of pyridine rings is 1. The molecule has 0 unspecified atom stereocenters. The number of nitrogens with one attached hydrogen (secondary N) is 2. The number of nitro groups is 1. The molecule has 13 heteroatoms. The standard InChI is InChI=1S/C30H38Cl2N8O3/c31-21-5-6-23(25(32)17-21)24-18-38(12-4-11-34-28-8-7-27(40(42)43)30(33)36-28)19-26(24)35-29(41)20-37-15-9-22(10-16-37)39-13-2-1-3-14-39/h5-8,17-19,22H,1-4,9-16,20H2,(H,35,41)(H3,33,34,36). The zero-order valence-electron chi connectivity index (χ0n) is 24.1. The zero-order valence-corrected chi connectivity index (χ0v) is 25.6. The van der Waals surface area contributed by atoms with E-state index in [4.69, 9.17) is 28.9 Å². The van der Waals surface area contributed by atoms with Gasteiger partial charge in [0.2, 0.25) is 11.7 Å². The van der Waals surface area contributed by atoms with Gasteiger partial charge in [0.05, 0.1) is 22.2 Å². The summed E-state index contributed by atoms with van der Waals surface area (Å²) in [7, 11) is 0. The van der Waals surface area contributed by atoms with E-state index >= 15 is 0 Å². The minimum absolute atomic E-state index is 0.0518. The molecule has 1 aromatic carbocycles. The molecule has 3 aromatic rings. The highest BCUT2D eigenvalue weighted by molar-refractivity contribution is 6.36. The fraction of sp³-hybridized carbons (Fsp3) is 0.467. The number of carbonyl (C=O) groups excluding carboxylic acids is 1. The summed E-state index contributed by atoms with van der Waals surface area (Å²) in [5, 5.41) is 18.3. The molecular weight excluding hydrogens is 591 g/mol.